The van der Waals surface area contributed by atoms with Crippen molar-refractivity contribution in [3.05, 3.63) is 40.2 Å². The highest BCUT2D eigenvalue weighted by Gasteiger charge is 2.19. The molecule has 158 valence electrons. The van der Waals surface area contributed by atoms with Crippen LogP contribution in [0.4, 0.5) is 0 Å². The van der Waals surface area contributed by atoms with Crippen LogP contribution in [0.5, 0.6) is 5.75 Å². The number of pyridine rings is 1. The first-order valence-corrected chi connectivity index (χ1v) is 10.8. The Morgan fingerprint density at radius 1 is 1.31 bits per heavy atom. The fraction of sp³-hybridized carbons (Fsp3) is 0.565. The number of methoxy groups -OCH3 is 1. The second kappa shape index (κ2) is 10.4. The number of H-pyrrole nitrogens is 1. The number of likely N-dealkylation sites (tertiary alicyclic amines) is 1. The number of nitrogens with zero attached hydrogens (tertiary/aromatic N) is 1. The van der Waals surface area contributed by atoms with E-state index in [1.807, 2.05) is 24.3 Å². The number of carbonyl (C=O) groups is 1. The van der Waals surface area contributed by atoms with Crippen molar-refractivity contribution in [2.75, 3.05) is 26.7 Å². The summed E-state index contributed by atoms with van der Waals surface area (Å²) in [5.74, 6) is 0.744. The number of aromatic nitrogens is 1. The lowest BCUT2D eigenvalue weighted by Gasteiger charge is -2.35. The van der Waals surface area contributed by atoms with Crippen molar-refractivity contribution in [2.45, 2.75) is 57.9 Å². The van der Waals surface area contributed by atoms with Gasteiger partial charge >= 0.3 is 0 Å². The molecule has 0 saturated carbocycles. The number of piperidine rings is 1. The van der Waals surface area contributed by atoms with E-state index in [0.29, 0.717) is 31.0 Å². The SMILES string of the molecule is CC[C@@H]1CCCCN1CCCNC(=O)CCc1cc2cc(OC)ccc2[nH]c1=O. The minimum absolute atomic E-state index is 0.000764. The molecule has 1 aliphatic heterocycles. The first kappa shape index (κ1) is 21.4. The topological polar surface area (TPSA) is 74.4 Å². The van der Waals surface area contributed by atoms with Crippen LogP contribution in [0.1, 0.15) is 51.0 Å². The zero-order chi connectivity index (χ0) is 20.6. The molecule has 1 atom stereocenters. The Labute approximate surface area is 172 Å². The summed E-state index contributed by atoms with van der Waals surface area (Å²) in [5, 5.41) is 3.91. The van der Waals surface area contributed by atoms with Crippen LogP contribution in [0.3, 0.4) is 0 Å². The Hall–Kier alpha value is -2.34. The highest BCUT2D eigenvalue weighted by molar-refractivity contribution is 5.81. The van der Waals surface area contributed by atoms with Crippen LogP contribution < -0.4 is 15.6 Å². The van der Waals surface area contributed by atoms with Gasteiger partial charge in [0.25, 0.3) is 5.56 Å². The fourth-order valence-electron chi connectivity index (χ4n) is 4.21. The number of hydrogen-bond acceptors (Lipinski definition) is 4. The number of aromatic amines is 1. The van der Waals surface area contributed by atoms with Crippen molar-refractivity contribution < 1.29 is 9.53 Å². The summed E-state index contributed by atoms with van der Waals surface area (Å²) in [4.78, 5) is 29.9. The number of aryl methyl sites for hydroxylation is 1. The van der Waals surface area contributed by atoms with Gasteiger partial charge in [0.1, 0.15) is 5.75 Å². The van der Waals surface area contributed by atoms with Crippen molar-refractivity contribution in [3.63, 3.8) is 0 Å². The summed E-state index contributed by atoms with van der Waals surface area (Å²) in [6.07, 6.45) is 6.85. The van der Waals surface area contributed by atoms with E-state index >= 15 is 0 Å². The van der Waals surface area contributed by atoms with Crippen LogP contribution in [0, 0.1) is 0 Å². The number of benzene rings is 1. The minimum atomic E-state index is -0.133. The summed E-state index contributed by atoms with van der Waals surface area (Å²) in [6, 6.07) is 8.09. The van der Waals surface area contributed by atoms with Gasteiger partial charge in [0.2, 0.25) is 5.91 Å². The molecule has 0 unspecified atom stereocenters. The number of hydrogen-bond donors (Lipinski definition) is 2. The van der Waals surface area contributed by atoms with Crippen LogP contribution >= 0.6 is 0 Å². The van der Waals surface area contributed by atoms with Gasteiger partial charge in [0.05, 0.1) is 7.11 Å². The van der Waals surface area contributed by atoms with E-state index in [1.165, 1.54) is 32.2 Å². The number of ether oxygens (including phenoxy) is 1. The van der Waals surface area contributed by atoms with Crippen molar-refractivity contribution in [2.24, 2.45) is 0 Å². The van der Waals surface area contributed by atoms with Crippen LogP contribution in [0.15, 0.2) is 29.1 Å². The van der Waals surface area contributed by atoms with Gasteiger partial charge in [-0.3, -0.25) is 9.59 Å². The number of nitrogens with one attached hydrogen (secondary N) is 2. The lowest BCUT2D eigenvalue weighted by atomic mass is 10.00. The van der Waals surface area contributed by atoms with Gasteiger partial charge < -0.3 is 19.9 Å². The zero-order valence-corrected chi connectivity index (χ0v) is 17.6. The lowest BCUT2D eigenvalue weighted by molar-refractivity contribution is -0.121. The van der Waals surface area contributed by atoms with Gasteiger partial charge in [-0.2, -0.15) is 0 Å². The van der Waals surface area contributed by atoms with E-state index in [-0.39, 0.29) is 11.5 Å². The van der Waals surface area contributed by atoms with Gasteiger partial charge in [-0.1, -0.05) is 13.3 Å². The van der Waals surface area contributed by atoms with Gasteiger partial charge in [0, 0.05) is 42.0 Å². The van der Waals surface area contributed by atoms with E-state index in [4.69, 9.17) is 4.74 Å². The highest BCUT2D eigenvalue weighted by Crippen LogP contribution is 2.20. The lowest BCUT2D eigenvalue weighted by Crippen LogP contribution is -2.40. The maximum atomic E-state index is 12.3. The van der Waals surface area contributed by atoms with Crippen LogP contribution in [0.25, 0.3) is 10.9 Å². The van der Waals surface area contributed by atoms with E-state index in [1.54, 1.807) is 7.11 Å². The number of carbonyl (C=O) groups excluding carboxylic acids is 1. The molecule has 3 rings (SSSR count). The van der Waals surface area contributed by atoms with E-state index < -0.39 is 0 Å². The maximum absolute atomic E-state index is 12.3. The molecule has 1 aliphatic rings. The minimum Gasteiger partial charge on any atom is -0.497 e. The van der Waals surface area contributed by atoms with Crippen LogP contribution in [-0.2, 0) is 11.2 Å². The van der Waals surface area contributed by atoms with E-state index in [2.05, 4.69) is 22.1 Å². The molecule has 1 amide bonds. The molecule has 2 heterocycles. The van der Waals surface area contributed by atoms with Crippen LogP contribution in [0.2, 0.25) is 0 Å². The smallest absolute Gasteiger partial charge is 0.251 e. The number of rotatable bonds is 9. The average Bonchev–Trinajstić information content (AvgIpc) is 2.75. The monoisotopic (exact) mass is 399 g/mol. The quantitative estimate of drug-likeness (QED) is 0.635. The van der Waals surface area contributed by atoms with Crippen molar-refractivity contribution in [1.82, 2.24) is 15.2 Å². The molecule has 29 heavy (non-hydrogen) atoms. The summed E-state index contributed by atoms with van der Waals surface area (Å²) >= 11 is 0. The molecule has 1 aromatic heterocycles. The number of amides is 1. The molecule has 2 N–H and O–H groups in total. The molecule has 6 nitrogen and oxygen atoms in total. The molecule has 1 saturated heterocycles. The predicted octanol–water partition coefficient (Wildman–Crippen LogP) is 3.24. The van der Waals surface area contributed by atoms with E-state index in [9.17, 15) is 9.59 Å². The van der Waals surface area contributed by atoms with E-state index in [0.717, 1.165) is 29.6 Å². The first-order valence-electron chi connectivity index (χ1n) is 10.8. The van der Waals surface area contributed by atoms with Gasteiger partial charge in [-0.05, 0) is 62.9 Å². The van der Waals surface area contributed by atoms with Gasteiger partial charge in [-0.15, -0.1) is 0 Å². The third kappa shape index (κ3) is 5.82. The second-order valence-corrected chi connectivity index (χ2v) is 7.87. The third-order valence-electron chi connectivity index (χ3n) is 5.91. The summed E-state index contributed by atoms with van der Waals surface area (Å²) in [7, 11) is 1.62. The average molecular weight is 400 g/mol. The highest BCUT2D eigenvalue weighted by atomic mass is 16.5. The molecule has 0 bridgehead atoms. The summed E-state index contributed by atoms with van der Waals surface area (Å²) < 4.78 is 5.24. The molecule has 6 heteroatoms. The molecule has 2 aromatic rings. The molecule has 1 aromatic carbocycles. The standard InChI is InChI=1S/C23H33N3O3/c1-3-19-7-4-5-13-26(19)14-6-12-24-22(27)11-8-17-15-18-16-20(29-2)9-10-21(18)25-23(17)28/h9-10,15-16,19H,3-8,11-14H2,1-2H3,(H,24,27)(H,25,28)/t19-/m1/s1. The normalized spacial score (nSPS) is 17.4. The maximum Gasteiger partial charge on any atom is 0.251 e. The number of fused-ring (bicyclic) bond motifs is 1. The molecule has 0 radical (unpaired) electrons. The largest absolute Gasteiger partial charge is 0.497 e. The molecule has 0 spiro atoms. The zero-order valence-electron chi connectivity index (χ0n) is 17.6. The van der Waals surface area contributed by atoms with Gasteiger partial charge in [-0.25, -0.2) is 0 Å². The Balaban J connectivity index is 1.45. The molecule has 1 fully saturated rings. The van der Waals surface area contributed by atoms with Crippen LogP contribution in [-0.4, -0.2) is 48.6 Å². The summed E-state index contributed by atoms with van der Waals surface area (Å²) in [6.45, 7) is 5.18. The molecular formula is C23H33N3O3. The Kier molecular flexibility index (Phi) is 7.69. The second-order valence-electron chi connectivity index (χ2n) is 7.87. The molecule has 0 aliphatic carbocycles. The molecular weight excluding hydrogens is 366 g/mol. The third-order valence-corrected chi connectivity index (χ3v) is 5.91. The Bertz CT molecular complexity index is 877. The van der Waals surface area contributed by atoms with Crippen molar-refractivity contribution in [1.29, 1.82) is 0 Å². The van der Waals surface area contributed by atoms with Gasteiger partial charge in [0.15, 0.2) is 0 Å². The van der Waals surface area contributed by atoms with Crippen molar-refractivity contribution >= 4 is 16.8 Å². The summed E-state index contributed by atoms with van der Waals surface area (Å²) in [5.41, 5.74) is 1.26. The van der Waals surface area contributed by atoms with Crippen molar-refractivity contribution in [3.8, 4) is 5.75 Å². The Morgan fingerprint density at radius 2 is 2.17 bits per heavy atom. The fourth-order valence-corrected chi connectivity index (χ4v) is 4.21. The first-order chi connectivity index (χ1) is 14.1. The Morgan fingerprint density at radius 3 is 2.97 bits per heavy atom. The predicted molar refractivity (Wildman–Crippen MR) is 117 cm³/mol.